The summed E-state index contributed by atoms with van der Waals surface area (Å²) in [4.78, 5) is 18.3. The standard InChI is InChI=1S/C22H28N2O2S/c1-23-13-12-22(25)24(15-14-23)19(16-18-6-4-3-5-7-18)17-27-21-10-8-20(26-2)9-11-21/h3-11,19H,12-17H2,1-2H3/t19-/m0/s1. The van der Waals surface area contributed by atoms with Gasteiger partial charge >= 0.3 is 0 Å². The monoisotopic (exact) mass is 384 g/mol. The number of hydrogen-bond acceptors (Lipinski definition) is 4. The second-order valence-corrected chi connectivity index (χ2v) is 8.06. The van der Waals surface area contributed by atoms with E-state index in [1.54, 1.807) is 7.11 Å². The number of likely N-dealkylation sites (N-methyl/N-ethyl adjacent to an activating group) is 1. The maximum atomic E-state index is 12.8. The highest BCUT2D eigenvalue weighted by atomic mass is 32.2. The van der Waals surface area contributed by atoms with Crippen LogP contribution in [0.2, 0.25) is 0 Å². The van der Waals surface area contributed by atoms with Crippen molar-refractivity contribution in [1.29, 1.82) is 0 Å². The maximum Gasteiger partial charge on any atom is 0.224 e. The molecular formula is C22H28N2O2S. The fourth-order valence-corrected chi connectivity index (χ4v) is 4.35. The highest BCUT2D eigenvalue weighted by Crippen LogP contribution is 2.25. The van der Waals surface area contributed by atoms with Gasteiger partial charge in [0.1, 0.15) is 5.75 Å². The number of methoxy groups -OCH3 is 1. The van der Waals surface area contributed by atoms with Gasteiger partial charge in [-0.2, -0.15) is 0 Å². The van der Waals surface area contributed by atoms with Crippen LogP contribution >= 0.6 is 11.8 Å². The Morgan fingerprint density at radius 2 is 1.78 bits per heavy atom. The Bertz CT molecular complexity index is 721. The Hall–Kier alpha value is -1.98. The summed E-state index contributed by atoms with van der Waals surface area (Å²) in [5.41, 5.74) is 1.28. The van der Waals surface area contributed by atoms with Gasteiger partial charge in [0.05, 0.1) is 7.11 Å². The highest BCUT2D eigenvalue weighted by Gasteiger charge is 2.26. The van der Waals surface area contributed by atoms with E-state index in [0.29, 0.717) is 6.42 Å². The molecule has 1 heterocycles. The lowest BCUT2D eigenvalue weighted by molar-refractivity contribution is -0.132. The Balaban J connectivity index is 1.72. The van der Waals surface area contributed by atoms with E-state index in [1.807, 2.05) is 30.0 Å². The maximum absolute atomic E-state index is 12.8. The number of benzene rings is 2. The molecule has 1 amide bonds. The molecule has 1 aliphatic heterocycles. The summed E-state index contributed by atoms with van der Waals surface area (Å²) in [5.74, 6) is 2.03. The summed E-state index contributed by atoms with van der Waals surface area (Å²) in [7, 11) is 3.77. The molecule has 1 fully saturated rings. The van der Waals surface area contributed by atoms with Crippen molar-refractivity contribution >= 4 is 17.7 Å². The lowest BCUT2D eigenvalue weighted by Gasteiger charge is -2.31. The SMILES string of the molecule is COc1ccc(SC[C@H](Cc2ccccc2)N2CCN(C)CCC2=O)cc1. The third kappa shape index (κ3) is 5.75. The first-order valence-electron chi connectivity index (χ1n) is 9.44. The minimum Gasteiger partial charge on any atom is -0.497 e. The quantitative estimate of drug-likeness (QED) is 0.684. The van der Waals surface area contributed by atoms with Crippen molar-refractivity contribution in [2.24, 2.45) is 0 Å². The predicted octanol–water partition coefficient (Wildman–Crippen LogP) is 3.56. The van der Waals surface area contributed by atoms with E-state index in [9.17, 15) is 4.79 Å². The predicted molar refractivity (Wildman–Crippen MR) is 111 cm³/mol. The van der Waals surface area contributed by atoms with Crippen LogP contribution < -0.4 is 4.74 Å². The molecule has 1 aliphatic rings. The van der Waals surface area contributed by atoms with E-state index in [4.69, 9.17) is 4.74 Å². The number of rotatable bonds is 7. The number of hydrogen-bond donors (Lipinski definition) is 0. The largest absolute Gasteiger partial charge is 0.497 e. The Labute approximate surface area is 166 Å². The second kappa shape index (κ2) is 9.81. The molecule has 4 nitrogen and oxygen atoms in total. The molecular weight excluding hydrogens is 356 g/mol. The Kier molecular flexibility index (Phi) is 7.18. The molecule has 144 valence electrons. The number of thioether (sulfide) groups is 1. The molecule has 0 aromatic heterocycles. The van der Waals surface area contributed by atoms with Crippen molar-refractivity contribution in [3.8, 4) is 5.75 Å². The summed E-state index contributed by atoms with van der Waals surface area (Å²) in [6, 6.07) is 18.8. The third-order valence-electron chi connectivity index (χ3n) is 5.01. The summed E-state index contributed by atoms with van der Waals surface area (Å²) >= 11 is 1.81. The smallest absolute Gasteiger partial charge is 0.224 e. The van der Waals surface area contributed by atoms with Crippen molar-refractivity contribution in [1.82, 2.24) is 9.80 Å². The number of carbonyl (C=O) groups is 1. The minimum absolute atomic E-state index is 0.193. The molecule has 3 rings (SSSR count). The van der Waals surface area contributed by atoms with Gasteiger partial charge in [0, 0.05) is 42.7 Å². The van der Waals surface area contributed by atoms with Crippen LogP contribution in [0.4, 0.5) is 0 Å². The van der Waals surface area contributed by atoms with Crippen LogP contribution in [-0.4, -0.2) is 61.3 Å². The van der Waals surface area contributed by atoms with E-state index < -0.39 is 0 Å². The summed E-state index contributed by atoms with van der Waals surface area (Å²) in [6.07, 6.45) is 1.49. The van der Waals surface area contributed by atoms with Gasteiger partial charge in [-0.25, -0.2) is 0 Å². The molecule has 2 aromatic carbocycles. The summed E-state index contributed by atoms with van der Waals surface area (Å²) in [5, 5.41) is 0. The number of carbonyl (C=O) groups excluding carboxylic acids is 1. The van der Waals surface area contributed by atoms with Crippen molar-refractivity contribution in [2.45, 2.75) is 23.8 Å². The molecule has 0 spiro atoms. The molecule has 0 saturated carbocycles. The van der Waals surface area contributed by atoms with E-state index >= 15 is 0 Å². The van der Waals surface area contributed by atoms with Crippen LogP contribution in [0.3, 0.4) is 0 Å². The molecule has 1 atom stereocenters. The van der Waals surface area contributed by atoms with Crippen LogP contribution in [-0.2, 0) is 11.2 Å². The summed E-state index contributed by atoms with van der Waals surface area (Å²) < 4.78 is 5.24. The summed E-state index contributed by atoms with van der Waals surface area (Å²) in [6.45, 7) is 2.58. The lowest BCUT2D eigenvalue weighted by atomic mass is 10.1. The normalized spacial score (nSPS) is 16.8. The van der Waals surface area contributed by atoms with Crippen LogP contribution in [0, 0.1) is 0 Å². The number of nitrogens with zero attached hydrogens (tertiary/aromatic N) is 2. The van der Waals surface area contributed by atoms with Crippen LogP contribution in [0.1, 0.15) is 12.0 Å². The molecule has 0 N–H and O–H groups in total. The van der Waals surface area contributed by atoms with Gasteiger partial charge in [0.25, 0.3) is 0 Å². The van der Waals surface area contributed by atoms with Gasteiger partial charge in [-0.3, -0.25) is 4.79 Å². The zero-order chi connectivity index (χ0) is 19.1. The number of ether oxygens (including phenoxy) is 1. The Morgan fingerprint density at radius 1 is 1.04 bits per heavy atom. The first-order chi connectivity index (χ1) is 13.2. The van der Waals surface area contributed by atoms with Crippen molar-refractivity contribution < 1.29 is 9.53 Å². The second-order valence-electron chi connectivity index (χ2n) is 6.97. The first-order valence-corrected chi connectivity index (χ1v) is 10.4. The van der Waals surface area contributed by atoms with E-state index in [0.717, 1.165) is 37.6 Å². The Morgan fingerprint density at radius 3 is 2.48 bits per heavy atom. The van der Waals surface area contributed by atoms with Gasteiger partial charge in [-0.05, 0) is 43.3 Å². The molecule has 0 unspecified atom stereocenters. The van der Waals surface area contributed by atoms with Crippen LogP contribution in [0.15, 0.2) is 59.5 Å². The van der Waals surface area contributed by atoms with Crippen molar-refractivity contribution in [3.63, 3.8) is 0 Å². The third-order valence-corrected chi connectivity index (χ3v) is 6.16. The van der Waals surface area contributed by atoms with Gasteiger partial charge < -0.3 is 14.5 Å². The van der Waals surface area contributed by atoms with E-state index in [2.05, 4.69) is 53.2 Å². The minimum atomic E-state index is 0.193. The van der Waals surface area contributed by atoms with Gasteiger partial charge in [0.2, 0.25) is 5.91 Å². The topological polar surface area (TPSA) is 32.8 Å². The average molecular weight is 385 g/mol. The fraction of sp³-hybridized carbons (Fsp3) is 0.409. The highest BCUT2D eigenvalue weighted by molar-refractivity contribution is 7.99. The van der Waals surface area contributed by atoms with Crippen LogP contribution in [0.5, 0.6) is 5.75 Å². The first kappa shape index (κ1) is 19.8. The molecule has 2 aromatic rings. The van der Waals surface area contributed by atoms with E-state index in [1.165, 1.54) is 10.5 Å². The lowest BCUT2D eigenvalue weighted by Crippen LogP contribution is -2.44. The van der Waals surface area contributed by atoms with Crippen LogP contribution in [0.25, 0.3) is 0 Å². The van der Waals surface area contributed by atoms with Gasteiger partial charge in [-0.1, -0.05) is 30.3 Å². The molecule has 27 heavy (non-hydrogen) atoms. The van der Waals surface area contributed by atoms with Crippen molar-refractivity contribution in [2.75, 3.05) is 39.5 Å². The molecule has 0 bridgehead atoms. The van der Waals surface area contributed by atoms with E-state index in [-0.39, 0.29) is 11.9 Å². The molecule has 1 saturated heterocycles. The molecule has 5 heteroatoms. The van der Waals surface area contributed by atoms with Gasteiger partial charge in [0.15, 0.2) is 0 Å². The molecule has 0 radical (unpaired) electrons. The zero-order valence-electron chi connectivity index (χ0n) is 16.1. The van der Waals surface area contributed by atoms with Crippen molar-refractivity contribution in [3.05, 3.63) is 60.2 Å². The zero-order valence-corrected chi connectivity index (χ0v) is 17.0. The fourth-order valence-electron chi connectivity index (χ4n) is 3.34. The molecule has 0 aliphatic carbocycles. The average Bonchev–Trinajstić information content (AvgIpc) is 2.87. The number of amides is 1. The van der Waals surface area contributed by atoms with Gasteiger partial charge in [-0.15, -0.1) is 11.8 Å².